The molecule has 1 unspecified atom stereocenters. The summed E-state index contributed by atoms with van der Waals surface area (Å²) in [5.74, 6) is 4.63. The second kappa shape index (κ2) is 6.54. The van der Waals surface area contributed by atoms with Crippen LogP contribution in [-0.4, -0.2) is 40.6 Å². The van der Waals surface area contributed by atoms with Crippen molar-refractivity contribution in [1.29, 1.82) is 0 Å². The minimum absolute atomic E-state index is 0.000223. The number of hydrogen-bond donors (Lipinski definition) is 0. The van der Waals surface area contributed by atoms with Crippen LogP contribution in [0.4, 0.5) is 0 Å². The summed E-state index contributed by atoms with van der Waals surface area (Å²) in [4.78, 5) is 17.4. The Kier molecular flexibility index (Phi) is 5.03. The third-order valence-electron chi connectivity index (χ3n) is 2.65. The molecule has 0 saturated carbocycles. The number of carbonyl (C=O) groups is 1. The Morgan fingerprint density at radius 2 is 2.39 bits per heavy atom. The third kappa shape index (κ3) is 3.46. The number of amides is 1. The van der Waals surface area contributed by atoms with Gasteiger partial charge in [-0.15, -0.1) is 11.8 Å². The molecule has 18 heavy (non-hydrogen) atoms. The lowest BCUT2D eigenvalue weighted by atomic mass is 10.4. The fourth-order valence-corrected chi connectivity index (χ4v) is 4.33. The molecule has 0 N–H and O–H groups in total. The standard InChI is InChI=1S/C12H17NO3S2/c1-9-3-4-10(16-9)7-13(15-2)12(14)11-8-17-5-6-18-11/h3-4,11H,5-8H2,1-2H3. The van der Waals surface area contributed by atoms with Gasteiger partial charge in [0.15, 0.2) is 0 Å². The Hall–Kier alpha value is -0.590. The van der Waals surface area contributed by atoms with Gasteiger partial charge in [0.05, 0.1) is 12.4 Å². The van der Waals surface area contributed by atoms with Crippen LogP contribution >= 0.6 is 23.5 Å². The number of nitrogens with zero attached hydrogens (tertiary/aromatic N) is 1. The Morgan fingerprint density at radius 3 is 2.94 bits per heavy atom. The van der Waals surface area contributed by atoms with Crippen LogP contribution in [0.1, 0.15) is 11.5 Å². The Balaban J connectivity index is 1.96. The van der Waals surface area contributed by atoms with E-state index in [4.69, 9.17) is 9.25 Å². The van der Waals surface area contributed by atoms with Crippen LogP contribution in [-0.2, 0) is 16.2 Å². The van der Waals surface area contributed by atoms with Crippen LogP contribution in [0.5, 0.6) is 0 Å². The molecule has 1 atom stereocenters. The lowest BCUT2D eigenvalue weighted by molar-refractivity contribution is -0.179. The minimum Gasteiger partial charge on any atom is -0.464 e. The van der Waals surface area contributed by atoms with E-state index in [0.29, 0.717) is 6.54 Å². The maximum atomic E-state index is 12.3. The largest absolute Gasteiger partial charge is 0.464 e. The van der Waals surface area contributed by atoms with Gasteiger partial charge in [-0.2, -0.15) is 11.8 Å². The van der Waals surface area contributed by atoms with Gasteiger partial charge in [0.25, 0.3) is 5.91 Å². The molecule has 1 saturated heterocycles. The molecule has 2 heterocycles. The van der Waals surface area contributed by atoms with E-state index in [1.165, 1.54) is 12.2 Å². The summed E-state index contributed by atoms with van der Waals surface area (Å²) in [6, 6.07) is 3.76. The number of carbonyl (C=O) groups excluding carboxylic acids is 1. The number of furan rings is 1. The van der Waals surface area contributed by atoms with Crippen molar-refractivity contribution in [2.24, 2.45) is 0 Å². The van der Waals surface area contributed by atoms with Crippen LogP contribution in [0, 0.1) is 6.92 Å². The Morgan fingerprint density at radius 1 is 1.56 bits per heavy atom. The fraction of sp³-hybridized carbons (Fsp3) is 0.583. The maximum Gasteiger partial charge on any atom is 0.260 e. The van der Waals surface area contributed by atoms with Gasteiger partial charge in [-0.3, -0.25) is 9.63 Å². The highest BCUT2D eigenvalue weighted by atomic mass is 32.2. The molecule has 6 heteroatoms. The van der Waals surface area contributed by atoms with Crippen molar-refractivity contribution in [3.05, 3.63) is 23.7 Å². The fourth-order valence-electron chi connectivity index (χ4n) is 1.74. The zero-order valence-corrected chi connectivity index (χ0v) is 12.2. The van der Waals surface area contributed by atoms with Crippen LogP contribution in [0.25, 0.3) is 0 Å². The van der Waals surface area contributed by atoms with E-state index in [1.807, 2.05) is 30.8 Å². The van der Waals surface area contributed by atoms with E-state index in [0.717, 1.165) is 28.8 Å². The van der Waals surface area contributed by atoms with Crippen molar-refractivity contribution in [2.45, 2.75) is 18.7 Å². The van der Waals surface area contributed by atoms with E-state index < -0.39 is 0 Å². The SMILES string of the molecule is CON(Cc1ccc(C)o1)C(=O)C1CSCCS1. The van der Waals surface area contributed by atoms with E-state index >= 15 is 0 Å². The molecular formula is C12H17NO3S2. The molecule has 0 aromatic carbocycles. The molecule has 0 radical (unpaired) electrons. The van der Waals surface area contributed by atoms with E-state index in [-0.39, 0.29) is 11.2 Å². The minimum atomic E-state index is -0.000223. The topological polar surface area (TPSA) is 42.7 Å². The maximum absolute atomic E-state index is 12.3. The number of rotatable bonds is 4. The molecule has 0 bridgehead atoms. The van der Waals surface area contributed by atoms with Gasteiger partial charge >= 0.3 is 0 Å². The first-order valence-electron chi connectivity index (χ1n) is 5.81. The van der Waals surface area contributed by atoms with Crippen LogP contribution in [0.3, 0.4) is 0 Å². The lowest BCUT2D eigenvalue weighted by Crippen LogP contribution is -2.39. The summed E-state index contributed by atoms with van der Waals surface area (Å²) in [6.07, 6.45) is 0. The summed E-state index contributed by atoms with van der Waals surface area (Å²) in [6.45, 7) is 2.25. The highest BCUT2D eigenvalue weighted by Gasteiger charge is 2.27. The number of hydrogen-bond acceptors (Lipinski definition) is 5. The molecule has 1 aliphatic heterocycles. The second-order valence-electron chi connectivity index (χ2n) is 4.00. The first-order chi connectivity index (χ1) is 8.70. The molecular weight excluding hydrogens is 270 g/mol. The molecule has 2 rings (SSSR count). The molecule has 1 amide bonds. The third-order valence-corrected chi connectivity index (χ3v) is 5.39. The second-order valence-corrected chi connectivity index (χ2v) is 6.46. The van der Waals surface area contributed by atoms with Crippen molar-refractivity contribution in [3.63, 3.8) is 0 Å². The van der Waals surface area contributed by atoms with Crippen molar-refractivity contribution in [2.75, 3.05) is 24.4 Å². The quantitative estimate of drug-likeness (QED) is 0.795. The van der Waals surface area contributed by atoms with E-state index in [9.17, 15) is 4.79 Å². The van der Waals surface area contributed by atoms with Crippen molar-refractivity contribution in [1.82, 2.24) is 5.06 Å². The number of thioether (sulfide) groups is 2. The van der Waals surface area contributed by atoms with Crippen LogP contribution in [0.2, 0.25) is 0 Å². The highest BCUT2D eigenvalue weighted by molar-refractivity contribution is 8.07. The van der Waals surface area contributed by atoms with Gasteiger partial charge in [0.1, 0.15) is 18.1 Å². The molecule has 1 aliphatic rings. The highest BCUT2D eigenvalue weighted by Crippen LogP contribution is 2.26. The zero-order chi connectivity index (χ0) is 13.0. The smallest absolute Gasteiger partial charge is 0.260 e. The summed E-state index contributed by atoms with van der Waals surface area (Å²) in [5, 5.41) is 1.39. The van der Waals surface area contributed by atoms with Gasteiger partial charge in [0, 0.05) is 17.3 Å². The summed E-state index contributed by atoms with van der Waals surface area (Å²) >= 11 is 3.53. The van der Waals surface area contributed by atoms with Gasteiger partial charge < -0.3 is 4.42 Å². The van der Waals surface area contributed by atoms with Gasteiger partial charge in [-0.25, -0.2) is 5.06 Å². The van der Waals surface area contributed by atoms with Gasteiger partial charge in [-0.1, -0.05) is 0 Å². The molecule has 4 nitrogen and oxygen atoms in total. The van der Waals surface area contributed by atoms with Crippen molar-refractivity contribution >= 4 is 29.4 Å². The summed E-state index contributed by atoms with van der Waals surface area (Å²) in [7, 11) is 1.52. The number of aryl methyl sites for hydroxylation is 1. The van der Waals surface area contributed by atoms with Crippen LogP contribution < -0.4 is 0 Å². The summed E-state index contributed by atoms with van der Waals surface area (Å²) < 4.78 is 5.47. The monoisotopic (exact) mass is 287 g/mol. The molecule has 0 aliphatic carbocycles. The van der Waals surface area contributed by atoms with Crippen molar-refractivity contribution in [3.8, 4) is 0 Å². The van der Waals surface area contributed by atoms with Gasteiger partial charge in [-0.05, 0) is 19.1 Å². The van der Waals surface area contributed by atoms with Crippen molar-refractivity contribution < 1.29 is 14.0 Å². The molecule has 1 aromatic heterocycles. The Labute approximate surface area is 115 Å². The first kappa shape index (κ1) is 13.8. The normalized spacial score (nSPS) is 19.8. The number of hydroxylamine groups is 2. The van der Waals surface area contributed by atoms with E-state index in [2.05, 4.69) is 0 Å². The Bertz CT molecular complexity index is 402. The van der Waals surface area contributed by atoms with E-state index in [1.54, 1.807) is 11.8 Å². The molecule has 1 fully saturated rings. The summed E-state index contributed by atoms with van der Waals surface area (Å²) in [5.41, 5.74) is 0. The van der Waals surface area contributed by atoms with Crippen LogP contribution in [0.15, 0.2) is 16.5 Å². The average Bonchev–Trinajstić information content (AvgIpc) is 2.82. The molecule has 100 valence electrons. The predicted molar refractivity (Wildman–Crippen MR) is 74.6 cm³/mol. The zero-order valence-electron chi connectivity index (χ0n) is 10.5. The lowest BCUT2D eigenvalue weighted by Gasteiger charge is -2.26. The average molecular weight is 287 g/mol. The molecule has 1 aromatic rings. The molecule has 0 spiro atoms. The first-order valence-corrected chi connectivity index (χ1v) is 8.01. The van der Waals surface area contributed by atoms with Gasteiger partial charge in [0.2, 0.25) is 0 Å². The predicted octanol–water partition coefficient (Wildman–Crippen LogP) is 2.33.